The largest absolute Gasteiger partial charge is 0.361 e. The number of urea groups is 1. The predicted molar refractivity (Wildman–Crippen MR) is 79.3 cm³/mol. The number of carbonyl (C=O) groups is 3. The van der Waals surface area contributed by atoms with Crippen molar-refractivity contribution in [3.05, 3.63) is 17.0 Å². The van der Waals surface area contributed by atoms with E-state index in [1.165, 1.54) is 4.90 Å². The Balaban J connectivity index is 1.62. The molecule has 1 fully saturated rings. The van der Waals surface area contributed by atoms with Crippen LogP contribution in [0.4, 0.5) is 4.79 Å². The molecular formula is C15H20N4O4. The standard InChI is InChI=1S/C15H20N4O4/c1-18(8-11-10-4-2-3-5-12(10)23-17-11)14(21)9-19-13(20)6-7-16-15(19)22/h2-9H2,1H3,(H,16,22). The normalized spacial score (nSPS) is 17.7. The molecule has 0 atom stereocenters. The van der Waals surface area contributed by atoms with Crippen LogP contribution >= 0.6 is 0 Å². The van der Waals surface area contributed by atoms with Crippen molar-refractivity contribution in [2.24, 2.45) is 0 Å². The molecule has 2 aliphatic rings. The molecular weight excluding hydrogens is 300 g/mol. The highest BCUT2D eigenvalue weighted by atomic mass is 16.5. The lowest BCUT2D eigenvalue weighted by Gasteiger charge is -2.27. The van der Waals surface area contributed by atoms with Gasteiger partial charge in [0.15, 0.2) is 0 Å². The highest BCUT2D eigenvalue weighted by molar-refractivity contribution is 6.00. The van der Waals surface area contributed by atoms with Crippen LogP contribution in [0.3, 0.4) is 0 Å². The molecule has 3 rings (SSSR count). The van der Waals surface area contributed by atoms with Gasteiger partial charge in [-0.15, -0.1) is 0 Å². The van der Waals surface area contributed by atoms with Gasteiger partial charge in [-0.2, -0.15) is 0 Å². The van der Waals surface area contributed by atoms with Crippen LogP contribution in [0.1, 0.15) is 36.3 Å². The third kappa shape index (κ3) is 3.20. The number of aryl methyl sites for hydroxylation is 1. The molecule has 0 unspecified atom stereocenters. The Morgan fingerprint density at radius 2 is 2.09 bits per heavy atom. The number of fused-ring (bicyclic) bond motifs is 1. The third-order valence-electron chi connectivity index (χ3n) is 4.30. The van der Waals surface area contributed by atoms with Crippen LogP contribution in [0.15, 0.2) is 4.52 Å². The molecule has 0 radical (unpaired) electrons. The van der Waals surface area contributed by atoms with Gasteiger partial charge in [0.2, 0.25) is 11.8 Å². The molecule has 8 nitrogen and oxygen atoms in total. The maximum absolute atomic E-state index is 12.3. The number of aromatic nitrogens is 1. The monoisotopic (exact) mass is 320 g/mol. The van der Waals surface area contributed by atoms with E-state index >= 15 is 0 Å². The number of hydrogen-bond donors (Lipinski definition) is 1. The first-order chi connectivity index (χ1) is 11.1. The quantitative estimate of drug-likeness (QED) is 0.869. The molecule has 23 heavy (non-hydrogen) atoms. The summed E-state index contributed by atoms with van der Waals surface area (Å²) in [6.07, 6.45) is 4.23. The number of rotatable bonds is 4. The van der Waals surface area contributed by atoms with Crippen molar-refractivity contribution in [2.75, 3.05) is 20.1 Å². The molecule has 124 valence electrons. The van der Waals surface area contributed by atoms with Crippen LogP contribution in [0, 0.1) is 0 Å². The molecule has 0 spiro atoms. The second kappa shape index (κ2) is 6.39. The van der Waals surface area contributed by atoms with Crippen LogP contribution < -0.4 is 5.32 Å². The van der Waals surface area contributed by atoms with Crippen LogP contribution in [0.5, 0.6) is 0 Å². The summed E-state index contributed by atoms with van der Waals surface area (Å²) in [6.45, 7) is 0.395. The summed E-state index contributed by atoms with van der Waals surface area (Å²) in [4.78, 5) is 38.1. The summed E-state index contributed by atoms with van der Waals surface area (Å²) in [5, 5.41) is 6.63. The SMILES string of the molecule is CN(Cc1noc2c1CCCC2)C(=O)CN1C(=O)CCNC1=O. The van der Waals surface area contributed by atoms with Gasteiger partial charge in [0.05, 0.1) is 6.54 Å². The Morgan fingerprint density at radius 1 is 1.30 bits per heavy atom. The van der Waals surface area contributed by atoms with Crippen LogP contribution in [0.25, 0.3) is 0 Å². The smallest absolute Gasteiger partial charge is 0.324 e. The second-order valence-electron chi connectivity index (χ2n) is 5.95. The van der Waals surface area contributed by atoms with E-state index in [9.17, 15) is 14.4 Å². The zero-order chi connectivity index (χ0) is 16.4. The first kappa shape index (κ1) is 15.5. The van der Waals surface area contributed by atoms with Gasteiger partial charge in [0.1, 0.15) is 18.0 Å². The Morgan fingerprint density at radius 3 is 2.87 bits per heavy atom. The van der Waals surface area contributed by atoms with Crippen molar-refractivity contribution in [1.82, 2.24) is 20.3 Å². The highest BCUT2D eigenvalue weighted by Crippen LogP contribution is 2.24. The van der Waals surface area contributed by atoms with Gasteiger partial charge >= 0.3 is 6.03 Å². The van der Waals surface area contributed by atoms with Gasteiger partial charge < -0.3 is 14.7 Å². The van der Waals surface area contributed by atoms with Crippen molar-refractivity contribution < 1.29 is 18.9 Å². The third-order valence-corrected chi connectivity index (χ3v) is 4.30. The molecule has 8 heteroatoms. The minimum absolute atomic E-state index is 0.222. The average molecular weight is 320 g/mol. The van der Waals surface area contributed by atoms with Crippen molar-refractivity contribution in [3.8, 4) is 0 Å². The number of nitrogens with zero attached hydrogens (tertiary/aromatic N) is 3. The number of likely N-dealkylation sites (N-methyl/N-ethyl adjacent to an activating group) is 1. The van der Waals surface area contributed by atoms with E-state index in [-0.39, 0.29) is 24.8 Å². The Hall–Kier alpha value is -2.38. The summed E-state index contributed by atoms with van der Waals surface area (Å²) in [7, 11) is 1.64. The van der Waals surface area contributed by atoms with Crippen molar-refractivity contribution in [3.63, 3.8) is 0 Å². The van der Waals surface area contributed by atoms with E-state index in [0.717, 1.165) is 47.6 Å². The Bertz CT molecular complexity index is 623. The lowest BCUT2D eigenvalue weighted by Crippen LogP contribution is -2.53. The molecule has 1 aliphatic heterocycles. The minimum Gasteiger partial charge on any atom is -0.361 e. The first-order valence-electron chi connectivity index (χ1n) is 7.84. The van der Waals surface area contributed by atoms with E-state index in [4.69, 9.17) is 4.52 Å². The fraction of sp³-hybridized carbons (Fsp3) is 0.600. The van der Waals surface area contributed by atoms with E-state index in [0.29, 0.717) is 13.1 Å². The van der Waals surface area contributed by atoms with E-state index in [1.54, 1.807) is 7.05 Å². The molecule has 0 aromatic carbocycles. The molecule has 0 bridgehead atoms. The fourth-order valence-corrected chi connectivity index (χ4v) is 2.92. The minimum atomic E-state index is -0.512. The Labute approximate surface area is 133 Å². The second-order valence-corrected chi connectivity index (χ2v) is 5.95. The lowest BCUT2D eigenvalue weighted by molar-refractivity contribution is -0.138. The topological polar surface area (TPSA) is 95.8 Å². The molecule has 1 aliphatic carbocycles. The number of hydrogen-bond acceptors (Lipinski definition) is 5. The van der Waals surface area contributed by atoms with Crippen molar-refractivity contribution in [1.29, 1.82) is 0 Å². The summed E-state index contributed by atoms with van der Waals surface area (Å²) < 4.78 is 5.34. The molecule has 1 aromatic heterocycles. The fourth-order valence-electron chi connectivity index (χ4n) is 2.92. The number of nitrogens with one attached hydrogen (secondary N) is 1. The first-order valence-corrected chi connectivity index (χ1v) is 7.84. The van der Waals surface area contributed by atoms with Crippen molar-refractivity contribution >= 4 is 17.8 Å². The number of carbonyl (C=O) groups excluding carboxylic acids is 3. The highest BCUT2D eigenvalue weighted by Gasteiger charge is 2.29. The number of imide groups is 1. The Kier molecular flexibility index (Phi) is 4.31. The molecule has 1 saturated heterocycles. The van der Waals surface area contributed by atoms with Crippen LogP contribution in [-0.4, -0.2) is 52.9 Å². The zero-order valence-corrected chi connectivity index (χ0v) is 13.1. The molecule has 2 heterocycles. The van der Waals surface area contributed by atoms with Gasteiger partial charge in [0.25, 0.3) is 0 Å². The van der Waals surface area contributed by atoms with Gasteiger partial charge in [0, 0.05) is 32.0 Å². The predicted octanol–water partition coefficient (Wildman–Crippen LogP) is 0.454. The van der Waals surface area contributed by atoms with Gasteiger partial charge in [-0.1, -0.05) is 5.16 Å². The number of amides is 4. The zero-order valence-electron chi connectivity index (χ0n) is 13.1. The molecule has 1 N–H and O–H groups in total. The van der Waals surface area contributed by atoms with Gasteiger partial charge in [-0.3, -0.25) is 14.5 Å². The summed E-state index contributed by atoms with van der Waals surface area (Å²) in [6, 6.07) is -0.512. The maximum atomic E-state index is 12.3. The van der Waals surface area contributed by atoms with Crippen LogP contribution in [0.2, 0.25) is 0 Å². The van der Waals surface area contributed by atoms with E-state index in [2.05, 4.69) is 10.5 Å². The molecule has 1 aromatic rings. The molecule has 0 saturated carbocycles. The van der Waals surface area contributed by atoms with Gasteiger partial charge in [-0.05, 0) is 19.3 Å². The summed E-state index contributed by atoms with van der Waals surface area (Å²) in [5.41, 5.74) is 1.87. The van der Waals surface area contributed by atoms with E-state index in [1.807, 2.05) is 0 Å². The lowest BCUT2D eigenvalue weighted by atomic mass is 9.96. The van der Waals surface area contributed by atoms with E-state index < -0.39 is 6.03 Å². The average Bonchev–Trinajstić information content (AvgIpc) is 2.94. The summed E-state index contributed by atoms with van der Waals surface area (Å²) >= 11 is 0. The summed E-state index contributed by atoms with van der Waals surface area (Å²) in [5.74, 6) is 0.287. The van der Waals surface area contributed by atoms with Crippen LogP contribution in [-0.2, 0) is 29.0 Å². The van der Waals surface area contributed by atoms with Gasteiger partial charge in [-0.25, -0.2) is 4.79 Å². The maximum Gasteiger partial charge on any atom is 0.324 e. The van der Waals surface area contributed by atoms with Crippen molar-refractivity contribution in [2.45, 2.75) is 38.6 Å². The molecule has 4 amide bonds.